The number of hydrogen-bond acceptors (Lipinski definition) is 6. The molecular formula is C20H22ClF2NO6S2. The van der Waals surface area contributed by atoms with E-state index < -0.39 is 49.2 Å². The average Bonchev–Trinajstić information content (AvgIpc) is 2.75. The summed E-state index contributed by atoms with van der Waals surface area (Å²) in [6.45, 7) is -0.660. The van der Waals surface area contributed by atoms with Crippen LogP contribution in [0.1, 0.15) is 31.2 Å². The Balaban J connectivity index is 1.99. The van der Waals surface area contributed by atoms with Gasteiger partial charge < -0.3 is 5.11 Å². The molecule has 2 N–H and O–H groups in total. The van der Waals surface area contributed by atoms with E-state index in [0.717, 1.165) is 18.2 Å². The number of hydrogen-bond donors (Lipinski definition) is 2. The van der Waals surface area contributed by atoms with Crippen molar-refractivity contribution in [2.75, 3.05) is 13.2 Å². The molecule has 1 saturated carbocycles. The van der Waals surface area contributed by atoms with Crippen molar-refractivity contribution in [1.82, 2.24) is 4.72 Å². The maximum absolute atomic E-state index is 14.8. The molecule has 7 nitrogen and oxygen atoms in total. The van der Waals surface area contributed by atoms with Crippen LogP contribution in [0.2, 0.25) is 5.02 Å². The van der Waals surface area contributed by atoms with Gasteiger partial charge in [0.15, 0.2) is 9.84 Å². The first-order valence-electron chi connectivity index (χ1n) is 9.75. The molecule has 0 spiro atoms. The SMILES string of the molecule is O=S(=O)(NCCO)OC1CCC(c2cc(F)ccc2F)(S(=O)(=O)c2ccc(Cl)cc2)CC1. The highest BCUT2D eigenvalue weighted by Crippen LogP contribution is 2.48. The minimum absolute atomic E-state index is 0.0389. The van der Waals surface area contributed by atoms with E-state index in [1.165, 1.54) is 24.3 Å². The van der Waals surface area contributed by atoms with Crippen LogP contribution in [-0.2, 0) is 29.1 Å². The molecule has 1 aliphatic rings. The highest BCUT2D eigenvalue weighted by atomic mass is 35.5. The summed E-state index contributed by atoms with van der Waals surface area (Å²) in [5, 5.41) is 9.08. The summed E-state index contributed by atoms with van der Waals surface area (Å²) < 4.78 is 85.4. The first kappa shape index (κ1) is 25.0. The standard InChI is InChI=1S/C20H22ClF2NO6S2/c21-14-1-4-17(5-2-14)31(26,27)20(18-13-15(22)3-6-19(18)23)9-7-16(8-10-20)30-32(28,29)24-11-12-25/h1-6,13,16,24-25H,7-12H2. The van der Waals surface area contributed by atoms with Gasteiger partial charge in [-0.1, -0.05) is 11.6 Å². The molecule has 32 heavy (non-hydrogen) atoms. The fourth-order valence-corrected chi connectivity index (χ4v) is 7.16. The number of aliphatic hydroxyl groups excluding tert-OH is 1. The molecule has 2 aromatic rings. The third-order valence-electron chi connectivity index (χ3n) is 5.45. The van der Waals surface area contributed by atoms with Crippen molar-refractivity contribution < 1.29 is 34.9 Å². The Bertz CT molecular complexity index is 1170. The van der Waals surface area contributed by atoms with Gasteiger partial charge in [0.05, 0.1) is 17.6 Å². The van der Waals surface area contributed by atoms with Gasteiger partial charge in [0.2, 0.25) is 0 Å². The normalized spacial score (nSPS) is 22.1. The fourth-order valence-electron chi connectivity index (χ4n) is 3.91. The van der Waals surface area contributed by atoms with E-state index in [4.69, 9.17) is 20.9 Å². The van der Waals surface area contributed by atoms with Crippen LogP contribution in [0.15, 0.2) is 47.4 Å². The van der Waals surface area contributed by atoms with Crippen LogP contribution in [0.3, 0.4) is 0 Å². The largest absolute Gasteiger partial charge is 0.395 e. The lowest BCUT2D eigenvalue weighted by Gasteiger charge is -2.39. The Morgan fingerprint density at radius 1 is 1.06 bits per heavy atom. The predicted octanol–water partition coefficient (Wildman–Crippen LogP) is 3.07. The summed E-state index contributed by atoms with van der Waals surface area (Å²) in [5.41, 5.74) is -0.313. The minimum Gasteiger partial charge on any atom is -0.395 e. The number of rotatable bonds is 8. The molecule has 0 amide bonds. The van der Waals surface area contributed by atoms with Crippen LogP contribution in [0, 0.1) is 11.6 Å². The second kappa shape index (κ2) is 9.70. The molecule has 0 bridgehead atoms. The number of benzene rings is 2. The van der Waals surface area contributed by atoms with Gasteiger partial charge in [-0.25, -0.2) is 17.2 Å². The van der Waals surface area contributed by atoms with E-state index in [-0.39, 0.29) is 42.7 Å². The van der Waals surface area contributed by atoms with Crippen LogP contribution in [0.25, 0.3) is 0 Å². The summed E-state index contributed by atoms with van der Waals surface area (Å²) in [5.74, 6) is -1.67. The molecule has 0 atom stereocenters. The van der Waals surface area contributed by atoms with Crippen molar-refractivity contribution >= 4 is 31.7 Å². The molecule has 0 unspecified atom stereocenters. The highest BCUT2D eigenvalue weighted by molar-refractivity contribution is 7.92. The Morgan fingerprint density at radius 3 is 2.28 bits per heavy atom. The zero-order valence-corrected chi connectivity index (χ0v) is 19.2. The molecule has 1 fully saturated rings. The van der Waals surface area contributed by atoms with Gasteiger partial charge in [0, 0.05) is 17.1 Å². The van der Waals surface area contributed by atoms with Crippen LogP contribution >= 0.6 is 11.6 Å². The Labute approximate surface area is 190 Å². The van der Waals surface area contributed by atoms with E-state index in [2.05, 4.69) is 0 Å². The first-order valence-corrected chi connectivity index (χ1v) is 13.0. The summed E-state index contributed by atoms with van der Waals surface area (Å²) in [6, 6.07) is 8.00. The smallest absolute Gasteiger partial charge is 0.336 e. The second-order valence-corrected chi connectivity index (χ2v) is 11.5. The molecule has 0 radical (unpaired) electrons. The van der Waals surface area contributed by atoms with Crippen molar-refractivity contribution in [3.63, 3.8) is 0 Å². The summed E-state index contributed by atoms with van der Waals surface area (Å²) in [7, 11) is -8.39. The van der Waals surface area contributed by atoms with E-state index in [9.17, 15) is 25.6 Å². The Hall–Kier alpha value is -1.63. The molecule has 0 aliphatic heterocycles. The fraction of sp³-hybridized carbons (Fsp3) is 0.400. The van der Waals surface area contributed by atoms with Gasteiger partial charge in [0.1, 0.15) is 16.4 Å². The highest BCUT2D eigenvalue weighted by Gasteiger charge is 2.50. The van der Waals surface area contributed by atoms with Crippen LogP contribution in [0.4, 0.5) is 8.78 Å². The molecular weight excluding hydrogens is 488 g/mol. The summed E-state index contributed by atoms with van der Waals surface area (Å²) in [6.07, 6.45) is -1.33. The Kier molecular flexibility index (Phi) is 7.58. The number of aliphatic hydroxyl groups is 1. The quantitative estimate of drug-likeness (QED) is 0.566. The topological polar surface area (TPSA) is 110 Å². The minimum atomic E-state index is -4.23. The summed E-state index contributed by atoms with van der Waals surface area (Å²) in [4.78, 5) is -0.109. The Morgan fingerprint density at radius 2 is 1.69 bits per heavy atom. The lowest BCUT2D eigenvalue weighted by molar-refractivity contribution is 0.140. The zero-order valence-electron chi connectivity index (χ0n) is 16.8. The van der Waals surface area contributed by atoms with Crippen molar-refractivity contribution in [1.29, 1.82) is 0 Å². The second-order valence-electron chi connectivity index (χ2n) is 7.44. The number of halogens is 3. The molecule has 0 aromatic heterocycles. The first-order chi connectivity index (χ1) is 15.0. The molecule has 0 saturated heterocycles. The van der Waals surface area contributed by atoms with E-state index in [0.29, 0.717) is 5.02 Å². The van der Waals surface area contributed by atoms with Gasteiger partial charge in [-0.2, -0.15) is 13.1 Å². The lowest BCUT2D eigenvalue weighted by atomic mass is 9.81. The monoisotopic (exact) mass is 509 g/mol. The van der Waals surface area contributed by atoms with Gasteiger partial charge in [-0.15, -0.1) is 0 Å². The summed E-state index contributed by atoms with van der Waals surface area (Å²) >= 11 is 5.86. The number of nitrogens with one attached hydrogen (secondary N) is 1. The predicted molar refractivity (Wildman–Crippen MR) is 114 cm³/mol. The molecule has 0 heterocycles. The molecule has 12 heteroatoms. The van der Waals surface area contributed by atoms with E-state index in [1.807, 2.05) is 4.72 Å². The third kappa shape index (κ3) is 5.13. The number of sulfone groups is 1. The molecule has 3 rings (SSSR count). The maximum atomic E-state index is 14.8. The van der Waals surface area contributed by atoms with Crippen LogP contribution in [-0.4, -0.2) is 41.2 Å². The molecule has 176 valence electrons. The van der Waals surface area contributed by atoms with E-state index >= 15 is 0 Å². The molecule has 2 aromatic carbocycles. The van der Waals surface area contributed by atoms with Crippen molar-refractivity contribution in [3.8, 4) is 0 Å². The lowest BCUT2D eigenvalue weighted by Crippen LogP contribution is -2.43. The van der Waals surface area contributed by atoms with Gasteiger partial charge in [-0.3, -0.25) is 4.18 Å². The van der Waals surface area contributed by atoms with Crippen LogP contribution in [0.5, 0.6) is 0 Å². The third-order valence-corrected chi connectivity index (χ3v) is 9.34. The average molecular weight is 510 g/mol. The van der Waals surface area contributed by atoms with Gasteiger partial charge in [0.25, 0.3) is 0 Å². The van der Waals surface area contributed by atoms with Crippen molar-refractivity contribution in [2.24, 2.45) is 0 Å². The van der Waals surface area contributed by atoms with Gasteiger partial charge >= 0.3 is 10.3 Å². The van der Waals surface area contributed by atoms with Gasteiger partial charge in [-0.05, 0) is 68.1 Å². The van der Waals surface area contributed by atoms with E-state index in [1.54, 1.807) is 0 Å². The molecule has 1 aliphatic carbocycles. The maximum Gasteiger partial charge on any atom is 0.336 e. The zero-order chi connectivity index (χ0) is 23.6. The van der Waals surface area contributed by atoms with Crippen LogP contribution < -0.4 is 4.72 Å². The van der Waals surface area contributed by atoms with Crippen molar-refractivity contribution in [3.05, 3.63) is 64.7 Å². The van der Waals surface area contributed by atoms with Crippen molar-refractivity contribution in [2.45, 2.75) is 41.4 Å².